The van der Waals surface area contributed by atoms with Gasteiger partial charge in [-0.15, -0.1) is 0 Å². The van der Waals surface area contributed by atoms with Crippen LogP contribution in [0.4, 0.5) is 13.2 Å². The number of pyridine rings is 3. The van der Waals surface area contributed by atoms with Crippen molar-refractivity contribution >= 4 is 10.8 Å². The van der Waals surface area contributed by atoms with Gasteiger partial charge in [0.1, 0.15) is 0 Å². The van der Waals surface area contributed by atoms with Crippen LogP contribution in [-0.2, 0) is 11.6 Å². The lowest BCUT2D eigenvalue weighted by atomic mass is 9.84. The zero-order valence-corrected chi connectivity index (χ0v) is 18.5. The molecule has 0 unspecified atom stereocenters. The van der Waals surface area contributed by atoms with E-state index in [0.717, 1.165) is 38.6 Å². The van der Waals surface area contributed by atoms with Crippen molar-refractivity contribution in [3.05, 3.63) is 102 Å². The smallest absolute Gasteiger partial charge is 0.254 e. The van der Waals surface area contributed by atoms with Crippen molar-refractivity contribution in [3.63, 3.8) is 0 Å². The molecule has 34 heavy (non-hydrogen) atoms. The fourth-order valence-corrected chi connectivity index (χ4v) is 3.78. The molecular formula is C26H20F3N5. The van der Waals surface area contributed by atoms with E-state index in [2.05, 4.69) is 15.1 Å². The zero-order chi connectivity index (χ0) is 23.9. The molecule has 0 saturated carbocycles. The summed E-state index contributed by atoms with van der Waals surface area (Å²) >= 11 is 0. The van der Waals surface area contributed by atoms with Gasteiger partial charge in [0.15, 0.2) is 11.5 Å². The summed E-state index contributed by atoms with van der Waals surface area (Å²) in [7, 11) is 0. The summed E-state index contributed by atoms with van der Waals surface area (Å²) in [6.07, 6.45) is -1.43. The van der Waals surface area contributed by atoms with Gasteiger partial charge in [-0.3, -0.25) is 9.97 Å². The highest BCUT2D eigenvalue weighted by atomic mass is 19.4. The van der Waals surface area contributed by atoms with Crippen molar-refractivity contribution in [2.75, 3.05) is 0 Å². The number of rotatable bonds is 4. The molecule has 0 atom stereocenters. The first-order valence-electron chi connectivity index (χ1n) is 10.7. The first-order chi connectivity index (χ1) is 16.2. The molecule has 1 aromatic carbocycles. The number of hydrogen-bond acceptors (Lipinski definition) is 4. The first-order valence-corrected chi connectivity index (χ1v) is 10.7. The molecule has 0 aliphatic rings. The van der Waals surface area contributed by atoms with E-state index in [1.54, 1.807) is 12.1 Å². The molecule has 0 bridgehead atoms. The second-order valence-electron chi connectivity index (χ2n) is 8.47. The summed E-state index contributed by atoms with van der Waals surface area (Å²) in [6.45, 7) is 3.95. The second-order valence-corrected chi connectivity index (χ2v) is 8.47. The molecule has 8 heteroatoms. The van der Waals surface area contributed by atoms with Gasteiger partial charge in [-0.2, -0.15) is 18.3 Å². The molecule has 170 valence electrons. The van der Waals surface area contributed by atoms with E-state index in [-0.39, 0.29) is 0 Å². The van der Waals surface area contributed by atoms with E-state index in [4.69, 9.17) is 4.98 Å². The minimum Gasteiger partial charge on any atom is -0.254 e. The maximum atomic E-state index is 13.0. The van der Waals surface area contributed by atoms with Gasteiger partial charge in [-0.1, -0.05) is 36.4 Å². The summed E-state index contributed by atoms with van der Waals surface area (Å²) in [5.41, 5.74) is 1.33. The van der Waals surface area contributed by atoms with Crippen LogP contribution in [-0.4, -0.2) is 24.7 Å². The van der Waals surface area contributed by atoms with Crippen LogP contribution in [0.5, 0.6) is 0 Å². The van der Waals surface area contributed by atoms with Crippen molar-refractivity contribution in [1.82, 2.24) is 24.7 Å². The molecule has 0 spiro atoms. The predicted octanol–water partition coefficient (Wildman–Crippen LogP) is 6.22. The standard InChI is InChI=1S/C26H20F3N5/c1-25(2,22-11-6-12-24(32-22)34-14-13-23(33-34)26(27,28)29)21-10-5-9-19(31-21)20-15-17-7-3-4-8-18(17)16-30-20/h3-16H,1-2H3. The Morgan fingerprint density at radius 1 is 0.706 bits per heavy atom. The minimum atomic E-state index is -4.51. The van der Waals surface area contributed by atoms with Crippen LogP contribution in [0.3, 0.4) is 0 Å². The first kappa shape index (κ1) is 21.8. The van der Waals surface area contributed by atoms with Crippen LogP contribution < -0.4 is 0 Å². The lowest BCUT2D eigenvalue weighted by molar-refractivity contribution is -0.141. The number of benzene rings is 1. The molecular weight excluding hydrogens is 439 g/mol. The topological polar surface area (TPSA) is 56.5 Å². The van der Waals surface area contributed by atoms with Crippen LogP contribution in [0.15, 0.2) is 85.2 Å². The van der Waals surface area contributed by atoms with Crippen molar-refractivity contribution in [2.45, 2.75) is 25.4 Å². The largest absolute Gasteiger partial charge is 0.435 e. The van der Waals surface area contributed by atoms with E-state index in [0.29, 0.717) is 11.5 Å². The summed E-state index contributed by atoms with van der Waals surface area (Å²) in [5.74, 6) is 0.299. The van der Waals surface area contributed by atoms with Crippen LogP contribution in [0.2, 0.25) is 0 Å². The number of alkyl halides is 3. The highest BCUT2D eigenvalue weighted by Gasteiger charge is 2.34. The van der Waals surface area contributed by atoms with Crippen molar-refractivity contribution in [3.8, 4) is 17.2 Å². The summed E-state index contributed by atoms with van der Waals surface area (Å²) in [5, 5.41) is 5.76. The predicted molar refractivity (Wildman–Crippen MR) is 123 cm³/mol. The van der Waals surface area contributed by atoms with Gasteiger partial charge in [0, 0.05) is 23.2 Å². The van der Waals surface area contributed by atoms with E-state index >= 15 is 0 Å². The van der Waals surface area contributed by atoms with Crippen molar-refractivity contribution in [2.24, 2.45) is 0 Å². The molecule has 0 aliphatic carbocycles. The minimum absolute atomic E-state index is 0.299. The maximum Gasteiger partial charge on any atom is 0.435 e. The van der Waals surface area contributed by atoms with E-state index in [1.165, 1.54) is 6.20 Å². The van der Waals surface area contributed by atoms with Crippen molar-refractivity contribution in [1.29, 1.82) is 0 Å². The quantitative estimate of drug-likeness (QED) is 0.320. The number of fused-ring (bicyclic) bond motifs is 1. The molecule has 4 heterocycles. The molecule has 5 nitrogen and oxygen atoms in total. The monoisotopic (exact) mass is 459 g/mol. The Kier molecular flexibility index (Phi) is 5.16. The van der Waals surface area contributed by atoms with Gasteiger partial charge in [0.2, 0.25) is 0 Å². The van der Waals surface area contributed by atoms with Crippen LogP contribution in [0.1, 0.15) is 30.9 Å². The summed E-state index contributed by atoms with van der Waals surface area (Å²) < 4.78 is 40.0. The maximum absolute atomic E-state index is 13.0. The van der Waals surface area contributed by atoms with Gasteiger partial charge in [0.25, 0.3) is 0 Å². The fraction of sp³-hybridized carbons (Fsp3) is 0.154. The Morgan fingerprint density at radius 2 is 1.41 bits per heavy atom. The summed E-state index contributed by atoms with van der Waals surface area (Å²) in [4.78, 5) is 14.0. The Bertz CT molecular complexity index is 1490. The molecule has 5 aromatic rings. The molecule has 0 amide bonds. The molecule has 0 N–H and O–H groups in total. The number of nitrogens with zero attached hydrogens (tertiary/aromatic N) is 5. The molecule has 0 saturated heterocycles. The average Bonchev–Trinajstić information content (AvgIpc) is 3.35. The second kappa shape index (κ2) is 8.06. The lowest BCUT2D eigenvalue weighted by Crippen LogP contribution is -2.23. The van der Waals surface area contributed by atoms with Gasteiger partial charge >= 0.3 is 6.18 Å². The van der Waals surface area contributed by atoms with E-state index in [9.17, 15) is 13.2 Å². The molecule has 0 fully saturated rings. The van der Waals surface area contributed by atoms with Crippen LogP contribution >= 0.6 is 0 Å². The van der Waals surface area contributed by atoms with Crippen LogP contribution in [0.25, 0.3) is 28.0 Å². The van der Waals surface area contributed by atoms with Gasteiger partial charge in [-0.05, 0) is 55.6 Å². The third-order valence-corrected chi connectivity index (χ3v) is 5.77. The molecule has 5 rings (SSSR count). The van der Waals surface area contributed by atoms with Gasteiger partial charge in [-0.25, -0.2) is 9.67 Å². The number of hydrogen-bond donors (Lipinski definition) is 0. The number of halogens is 3. The average molecular weight is 459 g/mol. The van der Waals surface area contributed by atoms with Gasteiger partial charge in [0.05, 0.1) is 22.8 Å². The molecule has 4 aromatic heterocycles. The summed E-state index contributed by atoms with van der Waals surface area (Å²) in [6, 6.07) is 21.9. The highest BCUT2D eigenvalue weighted by molar-refractivity contribution is 5.84. The zero-order valence-electron chi connectivity index (χ0n) is 18.5. The SMILES string of the molecule is CC(C)(c1cccc(-c2cc3ccccc3cn2)n1)c1cccc(-n2ccc(C(F)(F)F)n2)n1. The van der Waals surface area contributed by atoms with Gasteiger partial charge < -0.3 is 0 Å². The lowest BCUT2D eigenvalue weighted by Gasteiger charge is -2.24. The number of aromatic nitrogens is 5. The normalized spacial score (nSPS) is 12.3. The Labute approximate surface area is 194 Å². The van der Waals surface area contributed by atoms with E-state index < -0.39 is 17.3 Å². The highest BCUT2D eigenvalue weighted by Crippen LogP contribution is 2.32. The van der Waals surface area contributed by atoms with E-state index in [1.807, 2.05) is 74.6 Å². The van der Waals surface area contributed by atoms with Crippen molar-refractivity contribution < 1.29 is 13.2 Å². The van der Waals surface area contributed by atoms with Crippen LogP contribution in [0, 0.1) is 0 Å². The Hall–Kier alpha value is -4.07. The fourth-order valence-electron chi connectivity index (χ4n) is 3.78. The molecule has 0 aliphatic heterocycles. The third kappa shape index (κ3) is 4.03. The molecule has 0 radical (unpaired) electrons. The Morgan fingerprint density at radius 3 is 2.15 bits per heavy atom. The Balaban J connectivity index is 1.50. The third-order valence-electron chi connectivity index (χ3n) is 5.77.